The fraction of sp³-hybridized carbons (Fsp3) is 0.364. The van der Waals surface area contributed by atoms with Gasteiger partial charge in [0.15, 0.2) is 5.82 Å². The van der Waals surface area contributed by atoms with Gasteiger partial charge in [0.2, 0.25) is 0 Å². The first-order valence-corrected chi connectivity index (χ1v) is 5.64. The predicted octanol–water partition coefficient (Wildman–Crippen LogP) is 3.40. The summed E-state index contributed by atoms with van der Waals surface area (Å²) >= 11 is 5.55. The van der Waals surface area contributed by atoms with Gasteiger partial charge in [-0.25, -0.2) is 13.8 Å². The predicted molar refractivity (Wildman–Crippen MR) is 59.7 cm³/mol. The van der Waals surface area contributed by atoms with Crippen molar-refractivity contribution >= 4 is 22.6 Å². The van der Waals surface area contributed by atoms with Gasteiger partial charge in [0.25, 0.3) is 0 Å². The zero-order valence-corrected chi connectivity index (χ0v) is 9.32. The molecule has 16 heavy (non-hydrogen) atoms. The molecule has 0 atom stereocenters. The van der Waals surface area contributed by atoms with Crippen molar-refractivity contribution < 1.29 is 8.78 Å². The Kier molecular flexibility index (Phi) is 3.39. The Morgan fingerprint density at radius 2 is 2.06 bits per heavy atom. The van der Waals surface area contributed by atoms with Crippen LogP contribution in [0.5, 0.6) is 0 Å². The van der Waals surface area contributed by atoms with E-state index in [1.807, 2.05) is 0 Å². The number of benzene rings is 1. The molecule has 0 radical (unpaired) electrons. The molecule has 1 N–H and O–H groups in total. The zero-order valence-electron chi connectivity index (χ0n) is 8.56. The number of alkyl halides is 1. The molecule has 1 heterocycles. The van der Waals surface area contributed by atoms with Gasteiger partial charge < -0.3 is 4.98 Å². The smallest absolute Gasteiger partial charge is 0.153 e. The third-order valence-electron chi connectivity index (χ3n) is 2.35. The lowest BCUT2D eigenvalue weighted by molar-refractivity contribution is 0.590. The largest absolute Gasteiger partial charge is 0.342 e. The number of aromatic amines is 1. The van der Waals surface area contributed by atoms with Crippen LogP contribution in [-0.4, -0.2) is 15.8 Å². The van der Waals surface area contributed by atoms with Gasteiger partial charge in [-0.1, -0.05) is 0 Å². The molecule has 0 unspecified atom stereocenters. The van der Waals surface area contributed by atoms with Crippen molar-refractivity contribution in [2.45, 2.75) is 19.3 Å². The topological polar surface area (TPSA) is 28.7 Å². The van der Waals surface area contributed by atoms with Crippen LogP contribution in [0.25, 0.3) is 11.0 Å². The average Bonchev–Trinajstić information content (AvgIpc) is 2.61. The van der Waals surface area contributed by atoms with Crippen LogP contribution < -0.4 is 0 Å². The molecular weight excluding hydrogens is 234 g/mol. The summed E-state index contributed by atoms with van der Waals surface area (Å²) in [5.74, 6) is 0.0452. The minimum atomic E-state index is -0.630. The molecule has 0 aliphatic rings. The average molecular weight is 245 g/mol. The van der Waals surface area contributed by atoms with E-state index in [2.05, 4.69) is 9.97 Å². The molecule has 0 bridgehead atoms. The third-order valence-corrected chi connectivity index (χ3v) is 2.62. The van der Waals surface area contributed by atoms with E-state index in [4.69, 9.17) is 11.6 Å². The molecule has 0 amide bonds. The van der Waals surface area contributed by atoms with Crippen LogP contribution in [0.3, 0.4) is 0 Å². The van der Waals surface area contributed by atoms with Crippen molar-refractivity contribution in [3.8, 4) is 0 Å². The number of nitrogens with zero attached hydrogens (tertiary/aromatic N) is 1. The highest BCUT2D eigenvalue weighted by Gasteiger charge is 2.09. The van der Waals surface area contributed by atoms with E-state index in [1.165, 1.54) is 6.07 Å². The summed E-state index contributed by atoms with van der Waals surface area (Å²) in [6.07, 6.45) is 2.46. The monoisotopic (exact) mass is 244 g/mol. The van der Waals surface area contributed by atoms with Crippen LogP contribution in [0.1, 0.15) is 18.7 Å². The van der Waals surface area contributed by atoms with Crippen molar-refractivity contribution in [1.29, 1.82) is 0 Å². The van der Waals surface area contributed by atoms with Crippen LogP contribution in [0.4, 0.5) is 8.78 Å². The first-order chi connectivity index (χ1) is 7.70. The minimum Gasteiger partial charge on any atom is -0.342 e. The highest BCUT2D eigenvalue weighted by Crippen LogP contribution is 2.18. The van der Waals surface area contributed by atoms with Crippen molar-refractivity contribution in [3.63, 3.8) is 0 Å². The van der Waals surface area contributed by atoms with Gasteiger partial charge >= 0.3 is 0 Å². The standard InChI is InChI=1S/C11H11ClF2N2/c12-4-2-1-3-10-15-9-6-7(13)5-8(14)11(9)16-10/h5-6H,1-4H2,(H,15,16). The number of nitrogens with one attached hydrogen (secondary N) is 1. The van der Waals surface area contributed by atoms with Crippen LogP contribution in [-0.2, 0) is 6.42 Å². The second kappa shape index (κ2) is 4.78. The maximum absolute atomic E-state index is 13.3. The maximum atomic E-state index is 13.3. The van der Waals surface area contributed by atoms with Crippen molar-refractivity contribution in [2.24, 2.45) is 0 Å². The Hall–Kier alpha value is -1.16. The summed E-state index contributed by atoms with van der Waals surface area (Å²) in [5.41, 5.74) is 0.598. The fourth-order valence-corrected chi connectivity index (χ4v) is 1.79. The van der Waals surface area contributed by atoms with E-state index in [0.717, 1.165) is 18.9 Å². The SMILES string of the molecule is Fc1cc(F)c2nc(CCCCCl)[nH]c2c1. The Labute approximate surface area is 96.6 Å². The normalized spacial score (nSPS) is 11.2. The molecule has 0 aliphatic heterocycles. The van der Waals surface area contributed by atoms with Crippen LogP contribution in [0.15, 0.2) is 12.1 Å². The van der Waals surface area contributed by atoms with Gasteiger partial charge in [0.1, 0.15) is 17.2 Å². The van der Waals surface area contributed by atoms with Crippen LogP contribution in [0, 0.1) is 11.6 Å². The van der Waals surface area contributed by atoms with Gasteiger partial charge in [-0.3, -0.25) is 0 Å². The van der Waals surface area contributed by atoms with Gasteiger partial charge in [0.05, 0.1) is 5.52 Å². The van der Waals surface area contributed by atoms with Crippen molar-refractivity contribution in [2.75, 3.05) is 5.88 Å². The van der Waals surface area contributed by atoms with E-state index in [1.54, 1.807) is 0 Å². The zero-order chi connectivity index (χ0) is 11.5. The second-order valence-corrected chi connectivity index (χ2v) is 3.99. The quantitative estimate of drug-likeness (QED) is 0.648. The Balaban J connectivity index is 2.26. The molecule has 2 nitrogen and oxygen atoms in total. The highest BCUT2D eigenvalue weighted by atomic mass is 35.5. The fourth-order valence-electron chi connectivity index (χ4n) is 1.60. The summed E-state index contributed by atoms with van der Waals surface area (Å²) < 4.78 is 26.2. The van der Waals surface area contributed by atoms with Gasteiger partial charge in [-0.05, 0) is 18.9 Å². The highest BCUT2D eigenvalue weighted by molar-refractivity contribution is 6.17. The Morgan fingerprint density at radius 3 is 2.81 bits per heavy atom. The molecule has 0 aliphatic carbocycles. The molecular formula is C11H11ClF2N2. The molecule has 2 aromatic rings. The third kappa shape index (κ3) is 2.32. The Bertz CT molecular complexity index is 496. The number of imidazole rings is 1. The molecule has 1 aromatic carbocycles. The first-order valence-electron chi connectivity index (χ1n) is 5.10. The number of H-pyrrole nitrogens is 1. The first kappa shape index (κ1) is 11.3. The lowest BCUT2D eigenvalue weighted by Gasteiger charge is -1.92. The van der Waals surface area contributed by atoms with Crippen LogP contribution >= 0.6 is 11.6 Å². The summed E-state index contributed by atoms with van der Waals surface area (Å²) in [6, 6.07) is 2.09. The number of rotatable bonds is 4. The van der Waals surface area contributed by atoms with E-state index in [0.29, 0.717) is 23.6 Å². The molecule has 86 valence electrons. The Morgan fingerprint density at radius 1 is 1.25 bits per heavy atom. The number of halogens is 3. The number of hydrogen-bond donors (Lipinski definition) is 1. The molecule has 1 aromatic heterocycles. The van der Waals surface area contributed by atoms with Gasteiger partial charge in [-0.2, -0.15) is 0 Å². The minimum absolute atomic E-state index is 0.197. The summed E-state index contributed by atoms with van der Waals surface area (Å²) in [7, 11) is 0. The molecule has 0 spiro atoms. The number of unbranched alkanes of at least 4 members (excludes halogenated alkanes) is 1. The number of hydrogen-bond acceptors (Lipinski definition) is 1. The number of fused-ring (bicyclic) bond motifs is 1. The second-order valence-electron chi connectivity index (χ2n) is 3.61. The van der Waals surface area contributed by atoms with Crippen molar-refractivity contribution in [3.05, 3.63) is 29.6 Å². The number of aromatic nitrogens is 2. The maximum Gasteiger partial charge on any atom is 0.153 e. The summed E-state index contributed by atoms with van der Waals surface area (Å²) in [6.45, 7) is 0. The summed E-state index contributed by atoms with van der Waals surface area (Å²) in [5, 5.41) is 0. The van der Waals surface area contributed by atoms with Gasteiger partial charge in [0, 0.05) is 18.4 Å². The summed E-state index contributed by atoms with van der Waals surface area (Å²) in [4.78, 5) is 6.99. The van der Waals surface area contributed by atoms with E-state index in [-0.39, 0.29) is 5.52 Å². The molecule has 0 saturated heterocycles. The molecule has 0 fully saturated rings. The van der Waals surface area contributed by atoms with E-state index in [9.17, 15) is 8.78 Å². The van der Waals surface area contributed by atoms with Crippen molar-refractivity contribution in [1.82, 2.24) is 9.97 Å². The lowest BCUT2D eigenvalue weighted by Crippen LogP contribution is -1.88. The molecule has 0 saturated carbocycles. The van der Waals surface area contributed by atoms with Crippen LogP contribution in [0.2, 0.25) is 0 Å². The molecule has 5 heteroatoms. The number of aryl methyl sites for hydroxylation is 1. The van der Waals surface area contributed by atoms with Gasteiger partial charge in [-0.15, -0.1) is 11.6 Å². The lowest BCUT2D eigenvalue weighted by atomic mass is 10.2. The van der Waals surface area contributed by atoms with E-state index < -0.39 is 11.6 Å². The van der Waals surface area contributed by atoms with E-state index >= 15 is 0 Å². The molecule has 2 rings (SSSR count).